The maximum Gasteiger partial charge on any atom is 0.175 e. The summed E-state index contributed by atoms with van der Waals surface area (Å²) in [6.07, 6.45) is 0. The van der Waals surface area contributed by atoms with Gasteiger partial charge >= 0.3 is 0 Å². The lowest BCUT2D eigenvalue weighted by Crippen LogP contribution is -2.32. The molecule has 0 bridgehead atoms. The van der Waals surface area contributed by atoms with Crippen molar-refractivity contribution in [3.63, 3.8) is 0 Å². The van der Waals surface area contributed by atoms with Crippen molar-refractivity contribution in [1.82, 2.24) is 5.32 Å². The van der Waals surface area contributed by atoms with Crippen molar-refractivity contribution in [3.8, 4) is 6.07 Å². The summed E-state index contributed by atoms with van der Waals surface area (Å²) in [4.78, 5) is 0. The van der Waals surface area contributed by atoms with E-state index in [9.17, 15) is 5.26 Å². The van der Waals surface area contributed by atoms with Crippen LogP contribution < -0.4 is 10.6 Å². The molecule has 0 amide bonds. The molecule has 2 aromatic rings. The fourth-order valence-electron chi connectivity index (χ4n) is 2.21. The Morgan fingerprint density at radius 2 is 1.65 bits per heavy atom. The molecule has 0 saturated heterocycles. The molecule has 4 heteroatoms. The molecule has 0 atom stereocenters. The molecule has 1 heterocycles. The van der Waals surface area contributed by atoms with Crippen LogP contribution >= 0.6 is 12.2 Å². The molecule has 96 valence electrons. The van der Waals surface area contributed by atoms with Gasteiger partial charge in [0.25, 0.3) is 0 Å². The van der Waals surface area contributed by atoms with E-state index in [0.29, 0.717) is 10.7 Å². The maximum atomic E-state index is 9.53. The molecule has 2 aromatic carbocycles. The van der Waals surface area contributed by atoms with Crippen LogP contribution in [0, 0.1) is 11.3 Å². The number of hydrogen-bond acceptors (Lipinski definition) is 2. The van der Waals surface area contributed by atoms with Crippen LogP contribution in [0.2, 0.25) is 0 Å². The molecule has 2 N–H and O–H groups in total. The van der Waals surface area contributed by atoms with E-state index >= 15 is 0 Å². The minimum atomic E-state index is 0.502. The quantitative estimate of drug-likeness (QED) is 0.619. The summed E-state index contributed by atoms with van der Waals surface area (Å²) in [5, 5.41) is 16.2. The van der Waals surface area contributed by atoms with Gasteiger partial charge in [0.05, 0.1) is 11.3 Å². The lowest BCUT2D eigenvalue weighted by atomic mass is 9.98. The second kappa shape index (κ2) is 5.16. The summed E-state index contributed by atoms with van der Waals surface area (Å²) in [5.41, 5.74) is 4.06. The normalized spacial score (nSPS) is 15.4. The third-order valence-corrected chi connectivity index (χ3v) is 3.31. The Kier molecular flexibility index (Phi) is 3.20. The highest BCUT2D eigenvalue weighted by molar-refractivity contribution is 7.80. The number of fused-ring (bicyclic) bond motifs is 1. The van der Waals surface area contributed by atoms with Crippen molar-refractivity contribution in [1.29, 1.82) is 5.26 Å². The number of thiocarbonyl (C=S) groups is 1. The number of nitrogens with one attached hydrogen (secondary N) is 2. The van der Waals surface area contributed by atoms with E-state index in [1.54, 1.807) is 0 Å². The number of para-hydroxylation sites is 1. The van der Waals surface area contributed by atoms with Crippen LogP contribution in [0.4, 0.5) is 5.69 Å². The topological polar surface area (TPSA) is 47.9 Å². The molecule has 1 aliphatic rings. The van der Waals surface area contributed by atoms with E-state index in [-0.39, 0.29) is 0 Å². The van der Waals surface area contributed by atoms with Gasteiger partial charge in [-0.1, -0.05) is 48.5 Å². The highest BCUT2D eigenvalue weighted by Gasteiger charge is 2.20. The van der Waals surface area contributed by atoms with Crippen molar-refractivity contribution in [2.24, 2.45) is 0 Å². The van der Waals surface area contributed by atoms with E-state index in [1.165, 1.54) is 0 Å². The first kappa shape index (κ1) is 12.4. The molecule has 0 saturated carbocycles. The lowest BCUT2D eigenvalue weighted by molar-refractivity contribution is 1.27. The number of allylic oxidation sites excluding steroid dienone is 1. The van der Waals surface area contributed by atoms with Gasteiger partial charge in [0.1, 0.15) is 6.07 Å². The fourth-order valence-corrected chi connectivity index (χ4v) is 2.42. The molecule has 0 unspecified atom stereocenters. The highest BCUT2D eigenvalue weighted by Crippen LogP contribution is 2.31. The largest absolute Gasteiger partial charge is 0.332 e. The van der Waals surface area contributed by atoms with Crippen LogP contribution in [0.1, 0.15) is 11.1 Å². The second-order valence-corrected chi connectivity index (χ2v) is 4.76. The Morgan fingerprint density at radius 1 is 0.950 bits per heavy atom. The van der Waals surface area contributed by atoms with Gasteiger partial charge in [-0.15, -0.1) is 0 Å². The zero-order valence-electron chi connectivity index (χ0n) is 10.6. The molecule has 0 spiro atoms. The molecule has 1 aliphatic heterocycles. The summed E-state index contributed by atoms with van der Waals surface area (Å²) in [6, 6.07) is 19.7. The number of benzene rings is 2. The van der Waals surface area contributed by atoms with Gasteiger partial charge in [0.15, 0.2) is 5.11 Å². The van der Waals surface area contributed by atoms with Gasteiger partial charge < -0.3 is 10.6 Å². The monoisotopic (exact) mass is 277 g/mol. The zero-order valence-corrected chi connectivity index (χ0v) is 11.4. The predicted octanol–water partition coefficient (Wildman–Crippen LogP) is 3.38. The smallest absolute Gasteiger partial charge is 0.175 e. The van der Waals surface area contributed by atoms with Crippen molar-refractivity contribution in [2.75, 3.05) is 5.32 Å². The summed E-state index contributed by atoms with van der Waals surface area (Å²) in [5.74, 6) is 0. The first-order valence-electron chi connectivity index (χ1n) is 6.17. The third-order valence-electron chi connectivity index (χ3n) is 3.11. The Balaban J connectivity index is 2.24. The molecule has 20 heavy (non-hydrogen) atoms. The standard InChI is InChI=1S/C16H11N3S/c17-10-13(11-6-2-1-3-7-11)15-12-8-4-5-9-14(12)18-16(20)19-15/h1-9H,(H2,18,19,20)/b15-13-. The number of nitrogens with zero attached hydrogens (tertiary/aromatic N) is 1. The number of anilines is 1. The molecular weight excluding hydrogens is 266 g/mol. The SMILES string of the molecule is N#C/C(=C1/NC(=S)Nc2ccccc21)c1ccccc1. The number of hydrogen-bond donors (Lipinski definition) is 2. The van der Waals surface area contributed by atoms with Crippen LogP contribution in [-0.4, -0.2) is 5.11 Å². The van der Waals surface area contributed by atoms with Crippen LogP contribution in [0.15, 0.2) is 54.6 Å². The van der Waals surface area contributed by atoms with Crippen LogP contribution in [-0.2, 0) is 0 Å². The Bertz CT molecular complexity index is 742. The molecule has 0 radical (unpaired) electrons. The van der Waals surface area contributed by atoms with E-state index in [2.05, 4.69) is 16.7 Å². The Labute approximate surface area is 122 Å². The van der Waals surface area contributed by atoms with Gasteiger partial charge in [0, 0.05) is 11.3 Å². The maximum absolute atomic E-state index is 9.53. The first-order valence-corrected chi connectivity index (χ1v) is 6.57. The minimum absolute atomic E-state index is 0.502. The second-order valence-electron chi connectivity index (χ2n) is 4.35. The summed E-state index contributed by atoms with van der Waals surface area (Å²) in [6.45, 7) is 0. The molecule has 3 nitrogen and oxygen atoms in total. The summed E-state index contributed by atoms with van der Waals surface area (Å²) >= 11 is 5.21. The van der Waals surface area contributed by atoms with Crippen molar-refractivity contribution >= 4 is 34.3 Å². The van der Waals surface area contributed by atoms with Gasteiger partial charge in [-0.2, -0.15) is 5.26 Å². The van der Waals surface area contributed by atoms with Crippen molar-refractivity contribution in [3.05, 3.63) is 65.7 Å². The van der Waals surface area contributed by atoms with E-state index < -0.39 is 0 Å². The van der Waals surface area contributed by atoms with E-state index in [1.807, 2.05) is 54.6 Å². The van der Waals surface area contributed by atoms with Crippen LogP contribution in [0.5, 0.6) is 0 Å². The minimum Gasteiger partial charge on any atom is -0.332 e. The average molecular weight is 277 g/mol. The molecule has 0 aliphatic carbocycles. The zero-order chi connectivity index (χ0) is 13.9. The van der Waals surface area contributed by atoms with Gasteiger partial charge in [0.2, 0.25) is 0 Å². The van der Waals surface area contributed by atoms with Crippen molar-refractivity contribution < 1.29 is 0 Å². The fraction of sp³-hybridized carbons (Fsp3) is 0. The number of rotatable bonds is 1. The third kappa shape index (κ3) is 2.15. The summed E-state index contributed by atoms with van der Waals surface area (Å²) < 4.78 is 0. The Morgan fingerprint density at radius 3 is 2.40 bits per heavy atom. The highest BCUT2D eigenvalue weighted by atomic mass is 32.1. The molecule has 3 rings (SSSR count). The molecule has 0 aromatic heterocycles. The molecular formula is C16H11N3S. The average Bonchev–Trinajstić information content (AvgIpc) is 2.49. The van der Waals surface area contributed by atoms with E-state index in [4.69, 9.17) is 12.2 Å². The van der Waals surface area contributed by atoms with Gasteiger partial charge in [-0.3, -0.25) is 0 Å². The molecule has 0 fully saturated rings. The van der Waals surface area contributed by atoms with Crippen molar-refractivity contribution in [2.45, 2.75) is 0 Å². The van der Waals surface area contributed by atoms with Crippen LogP contribution in [0.3, 0.4) is 0 Å². The van der Waals surface area contributed by atoms with Gasteiger partial charge in [-0.05, 0) is 23.8 Å². The predicted molar refractivity (Wildman–Crippen MR) is 84.7 cm³/mol. The number of nitriles is 1. The van der Waals surface area contributed by atoms with Crippen LogP contribution in [0.25, 0.3) is 11.3 Å². The lowest BCUT2D eigenvalue weighted by Gasteiger charge is -2.24. The Hall–Kier alpha value is -2.64. The van der Waals surface area contributed by atoms with E-state index in [0.717, 1.165) is 22.5 Å². The van der Waals surface area contributed by atoms with Gasteiger partial charge in [-0.25, -0.2) is 0 Å². The summed E-state index contributed by atoms with van der Waals surface area (Å²) in [7, 11) is 0. The first-order chi connectivity index (χ1) is 9.79.